The molecule has 2 aromatic heterocycles. The number of nitrogens with zero attached hydrogens (tertiary/aromatic N) is 4. The first-order chi connectivity index (χ1) is 16.2. The van der Waals surface area contributed by atoms with E-state index in [2.05, 4.69) is 68.9 Å². The van der Waals surface area contributed by atoms with Gasteiger partial charge in [0.1, 0.15) is 5.65 Å². The van der Waals surface area contributed by atoms with Crippen molar-refractivity contribution in [2.45, 2.75) is 57.0 Å². The lowest BCUT2D eigenvalue weighted by Gasteiger charge is -2.56. The second kappa shape index (κ2) is 7.95. The summed E-state index contributed by atoms with van der Waals surface area (Å²) in [5, 5.41) is 0. The molecule has 33 heavy (non-hydrogen) atoms. The summed E-state index contributed by atoms with van der Waals surface area (Å²) in [6.45, 7) is 6.71. The minimum absolute atomic E-state index is 0.352. The molecule has 1 aliphatic heterocycles. The molecule has 0 radical (unpaired) electrons. The van der Waals surface area contributed by atoms with Crippen LogP contribution in [0.15, 0.2) is 54.7 Å². The van der Waals surface area contributed by atoms with Crippen LogP contribution in [0.3, 0.4) is 0 Å². The zero-order valence-electron chi connectivity index (χ0n) is 19.7. The van der Waals surface area contributed by atoms with E-state index in [9.17, 15) is 0 Å². The van der Waals surface area contributed by atoms with Gasteiger partial charge in [-0.2, -0.15) is 0 Å². The van der Waals surface area contributed by atoms with E-state index in [1.807, 2.05) is 0 Å². The normalized spacial score (nSPS) is 32.1. The fourth-order valence-electron chi connectivity index (χ4n) is 8.18. The quantitative estimate of drug-likeness (QED) is 0.550. The maximum atomic E-state index is 5.36. The molecular formula is C29H36N4. The predicted octanol–water partition coefficient (Wildman–Crippen LogP) is 5.12. The first-order valence-electron chi connectivity index (χ1n) is 13.2. The average molecular weight is 441 g/mol. The molecule has 3 aromatic rings. The van der Waals surface area contributed by atoms with Crippen molar-refractivity contribution < 1.29 is 0 Å². The van der Waals surface area contributed by atoms with E-state index in [0.29, 0.717) is 5.41 Å². The fourth-order valence-corrected chi connectivity index (χ4v) is 8.18. The van der Waals surface area contributed by atoms with Crippen LogP contribution in [0.5, 0.6) is 0 Å². The summed E-state index contributed by atoms with van der Waals surface area (Å²) in [5.74, 6) is 2.86. The molecule has 0 atom stereocenters. The van der Waals surface area contributed by atoms with Crippen molar-refractivity contribution in [1.29, 1.82) is 0 Å². The standard InChI is InChI=1S/C29H36N4/c1-2-6-22(7-3-1)20-31-10-12-32(13-11-31)21-26-28(30-27-8-4-5-9-33(26)27)29-17-23-14-24(18-29)16-25(15-23)19-29/h1-9,23-25H,10-21H2. The highest BCUT2D eigenvalue weighted by molar-refractivity contribution is 5.46. The van der Waals surface area contributed by atoms with Crippen LogP contribution in [-0.2, 0) is 18.5 Å². The number of piperazine rings is 1. The Hall–Kier alpha value is -2.17. The van der Waals surface area contributed by atoms with Gasteiger partial charge in [0.05, 0.1) is 11.4 Å². The Morgan fingerprint density at radius 3 is 2.00 bits per heavy atom. The number of fused-ring (bicyclic) bond motifs is 1. The highest BCUT2D eigenvalue weighted by Crippen LogP contribution is 2.61. The number of hydrogen-bond donors (Lipinski definition) is 0. The molecule has 5 fully saturated rings. The van der Waals surface area contributed by atoms with Gasteiger partial charge in [-0.25, -0.2) is 4.98 Å². The highest BCUT2D eigenvalue weighted by atomic mass is 15.3. The fraction of sp³-hybridized carbons (Fsp3) is 0.552. The number of imidazole rings is 1. The molecule has 0 N–H and O–H groups in total. The third-order valence-corrected chi connectivity index (χ3v) is 9.26. The van der Waals surface area contributed by atoms with Crippen molar-refractivity contribution in [3.05, 3.63) is 71.7 Å². The average Bonchev–Trinajstić information content (AvgIpc) is 3.20. The third-order valence-electron chi connectivity index (χ3n) is 9.26. The lowest BCUT2D eigenvalue weighted by Crippen LogP contribution is -2.49. The van der Waals surface area contributed by atoms with Gasteiger partial charge in [0.25, 0.3) is 0 Å². The summed E-state index contributed by atoms with van der Waals surface area (Å²) in [6.07, 6.45) is 10.9. The zero-order chi connectivity index (χ0) is 21.8. The Labute approximate surface area is 197 Å². The van der Waals surface area contributed by atoms with Crippen LogP contribution in [0.25, 0.3) is 5.65 Å². The molecule has 4 nitrogen and oxygen atoms in total. The summed E-state index contributed by atoms with van der Waals surface area (Å²) >= 11 is 0. The van der Waals surface area contributed by atoms with Crippen LogP contribution in [0.2, 0.25) is 0 Å². The number of pyridine rings is 1. The molecule has 4 bridgehead atoms. The van der Waals surface area contributed by atoms with Gasteiger partial charge >= 0.3 is 0 Å². The topological polar surface area (TPSA) is 23.8 Å². The van der Waals surface area contributed by atoms with Gasteiger partial charge in [-0.3, -0.25) is 9.80 Å². The van der Waals surface area contributed by atoms with Crippen molar-refractivity contribution in [2.24, 2.45) is 17.8 Å². The van der Waals surface area contributed by atoms with Gasteiger partial charge in [0.2, 0.25) is 0 Å². The Bertz CT molecular complexity index is 1090. The van der Waals surface area contributed by atoms with Crippen LogP contribution in [0, 0.1) is 17.8 Å². The molecular weight excluding hydrogens is 404 g/mol. The van der Waals surface area contributed by atoms with Crippen LogP contribution in [0.1, 0.15) is 55.5 Å². The van der Waals surface area contributed by atoms with Crippen LogP contribution in [0.4, 0.5) is 0 Å². The van der Waals surface area contributed by atoms with Crippen LogP contribution in [-0.4, -0.2) is 45.4 Å². The second-order valence-corrected chi connectivity index (χ2v) is 11.6. The molecule has 0 spiro atoms. The van der Waals surface area contributed by atoms with Gasteiger partial charge < -0.3 is 4.40 Å². The first kappa shape index (κ1) is 20.2. The molecule has 0 unspecified atom stereocenters. The number of aromatic nitrogens is 2. The molecule has 8 rings (SSSR count). The van der Waals surface area contributed by atoms with Crippen molar-refractivity contribution in [2.75, 3.05) is 26.2 Å². The van der Waals surface area contributed by atoms with Crippen molar-refractivity contribution in [1.82, 2.24) is 19.2 Å². The van der Waals surface area contributed by atoms with Gasteiger partial charge in [-0.05, 0) is 74.0 Å². The SMILES string of the molecule is c1ccc(CN2CCN(Cc3c(C45CC6CC(CC(C6)C4)C5)nc4ccccn34)CC2)cc1. The van der Waals surface area contributed by atoms with Crippen molar-refractivity contribution in [3.8, 4) is 0 Å². The highest BCUT2D eigenvalue weighted by Gasteiger charge is 2.53. The molecule has 1 saturated heterocycles. The Balaban J connectivity index is 1.14. The van der Waals surface area contributed by atoms with Gasteiger partial charge in [0.15, 0.2) is 0 Å². The predicted molar refractivity (Wildman–Crippen MR) is 132 cm³/mol. The van der Waals surface area contributed by atoms with Gasteiger partial charge in [-0.15, -0.1) is 0 Å². The van der Waals surface area contributed by atoms with E-state index in [0.717, 1.165) is 62.7 Å². The summed E-state index contributed by atoms with van der Waals surface area (Å²) in [6, 6.07) is 17.5. The number of rotatable bonds is 5. The third kappa shape index (κ3) is 3.63. The Kier molecular flexibility index (Phi) is 4.87. The Morgan fingerprint density at radius 1 is 0.727 bits per heavy atom. The summed E-state index contributed by atoms with van der Waals surface area (Å²) < 4.78 is 2.42. The van der Waals surface area contributed by atoms with E-state index < -0.39 is 0 Å². The molecule has 3 heterocycles. The summed E-state index contributed by atoms with van der Waals surface area (Å²) in [4.78, 5) is 10.7. The van der Waals surface area contributed by atoms with Crippen LogP contribution >= 0.6 is 0 Å². The number of hydrogen-bond acceptors (Lipinski definition) is 3. The maximum absolute atomic E-state index is 5.36. The minimum atomic E-state index is 0.352. The zero-order valence-corrected chi connectivity index (χ0v) is 19.7. The molecule has 4 heteroatoms. The van der Waals surface area contributed by atoms with Crippen molar-refractivity contribution in [3.63, 3.8) is 0 Å². The van der Waals surface area contributed by atoms with E-state index >= 15 is 0 Å². The second-order valence-electron chi connectivity index (χ2n) is 11.6. The lowest BCUT2D eigenvalue weighted by atomic mass is 9.48. The Morgan fingerprint density at radius 2 is 1.33 bits per heavy atom. The molecule has 4 saturated carbocycles. The van der Waals surface area contributed by atoms with Crippen molar-refractivity contribution >= 4 is 5.65 Å². The molecule has 172 valence electrons. The minimum Gasteiger partial charge on any atom is -0.302 e. The van der Waals surface area contributed by atoms with E-state index in [1.165, 1.54) is 55.5 Å². The molecule has 4 aliphatic carbocycles. The molecule has 0 amide bonds. The smallest absolute Gasteiger partial charge is 0.137 e. The maximum Gasteiger partial charge on any atom is 0.137 e. The number of benzene rings is 1. The lowest BCUT2D eigenvalue weighted by molar-refractivity contribution is -0.00785. The van der Waals surface area contributed by atoms with Gasteiger partial charge in [-0.1, -0.05) is 36.4 Å². The summed E-state index contributed by atoms with van der Waals surface area (Å²) in [7, 11) is 0. The van der Waals surface area contributed by atoms with E-state index in [4.69, 9.17) is 4.98 Å². The first-order valence-corrected chi connectivity index (χ1v) is 13.2. The molecule has 1 aromatic carbocycles. The van der Waals surface area contributed by atoms with Crippen LogP contribution < -0.4 is 0 Å². The van der Waals surface area contributed by atoms with Gasteiger partial charge in [0, 0.05) is 50.9 Å². The molecule has 5 aliphatic rings. The van der Waals surface area contributed by atoms with E-state index in [1.54, 1.807) is 0 Å². The largest absolute Gasteiger partial charge is 0.302 e. The summed E-state index contributed by atoms with van der Waals surface area (Å²) in [5.41, 5.74) is 5.90. The monoisotopic (exact) mass is 440 g/mol. The van der Waals surface area contributed by atoms with E-state index in [-0.39, 0.29) is 0 Å².